The second-order valence-corrected chi connectivity index (χ2v) is 9.01. The number of ether oxygens (including phenoxy) is 2. The first-order chi connectivity index (χ1) is 15.9. The van der Waals surface area contributed by atoms with E-state index in [0.717, 1.165) is 24.9 Å². The number of carbonyl (C=O) groups excluding carboxylic acids is 2. The first kappa shape index (κ1) is 24.6. The van der Waals surface area contributed by atoms with Gasteiger partial charge in [0, 0.05) is 18.7 Å². The molecule has 2 amide bonds. The molecule has 7 nitrogen and oxygen atoms in total. The summed E-state index contributed by atoms with van der Waals surface area (Å²) in [5.74, 6) is 0.245. The molecule has 174 valence electrons. The lowest BCUT2D eigenvalue weighted by Crippen LogP contribution is -2.29. The molecule has 0 bridgehead atoms. The fourth-order valence-electron chi connectivity index (χ4n) is 3.32. The number of carbonyl (C=O) groups is 2. The molecule has 0 aromatic heterocycles. The van der Waals surface area contributed by atoms with E-state index in [4.69, 9.17) is 21.7 Å². The van der Waals surface area contributed by atoms with Gasteiger partial charge in [-0.2, -0.15) is 0 Å². The third-order valence-electron chi connectivity index (χ3n) is 5.02. The van der Waals surface area contributed by atoms with Crippen LogP contribution in [0.15, 0.2) is 47.4 Å². The Morgan fingerprint density at radius 1 is 1.12 bits per heavy atom. The van der Waals surface area contributed by atoms with E-state index >= 15 is 0 Å². The molecule has 1 aliphatic heterocycles. The maximum atomic E-state index is 12.8. The standard InChI is InChI=1S/C24H26N2O5S2/c1-30-18-13-16(14-19(31-2)22(18)28)15-20-23(29)26(24(32)33-20)12-8-4-7-11-21(27)25-17-9-5-3-6-10-17/h3,5-6,9-10,13-15,28H,4,7-8,11-12H2,1-2H3,(H,25,27)/b20-15-. The zero-order valence-corrected chi connectivity index (χ0v) is 20.1. The van der Waals surface area contributed by atoms with E-state index in [-0.39, 0.29) is 29.1 Å². The number of benzene rings is 2. The lowest BCUT2D eigenvalue weighted by Gasteiger charge is -2.14. The van der Waals surface area contributed by atoms with Gasteiger partial charge >= 0.3 is 0 Å². The number of nitrogens with one attached hydrogen (secondary N) is 1. The van der Waals surface area contributed by atoms with Crippen LogP contribution >= 0.6 is 24.0 Å². The Hall–Kier alpha value is -3.04. The second kappa shape index (κ2) is 11.7. The van der Waals surface area contributed by atoms with Crippen molar-refractivity contribution in [2.45, 2.75) is 25.7 Å². The number of para-hydroxylation sites is 1. The SMILES string of the molecule is COc1cc(/C=C2\SC(=S)N(CCCCCC(=O)Nc3ccccc3)C2=O)cc(OC)c1O. The highest BCUT2D eigenvalue weighted by Crippen LogP contribution is 2.39. The lowest BCUT2D eigenvalue weighted by atomic mass is 10.1. The van der Waals surface area contributed by atoms with Gasteiger partial charge in [0.25, 0.3) is 5.91 Å². The smallest absolute Gasteiger partial charge is 0.266 e. The Morgan fingerprint density at radius 2 is 1.79 bits per heavy atom. The van der Waals surface area contributed by atoms with Gasteiger partial charge in [0.05, 0.1) is 19.1 Å². The first-order valence-corrected chi connectivity index (χ1v) is 11.7. The summed E-state index contributed by atoms with van der Waals surface area (Å²) >= 11 is 6.63. The zero-order valence-electron chi connectivity index (χ0n) is 18.5. The molecule has 2 N–H and O–H groups in total. The zero-order chi connectivity index (χ0) is 23.8. The van der Waals surface area contributed by atoms with Crippen LogP contribution in [0.2, 0.25) is 0 Å². The number of amides is 2. The van der Waals surface area contributed by atoms with E-state index < -0.39 is 0 Å². The molecule has 0 unspecified atom stereocenters. The van der Waals surface area contributed by atoms with Crippen molar-refractivity contribution < 1.29 is 24.2 Å². The summed E-state index contributed by atoms with van der Waals surface area (Å²) in [5.41, 5.74) is 1.45. The van der Waals surface area contributed by atoms with Crippen molar-refractivity contribution in [2.75, 3.05) is 26.1 Å². The van der Waals surface area contributed by atoms with Crippen molar-refractivity contribution in [2.24, 2.45) is 0 Å². The molecule has 2 aromatic carbocycles. The van der Waals surface area contributed by atoms with E-state index in [1.165, 1.54) is 26.0 Å². The van der Waals surface area contributed by atoms with Crippen LogP contribution in [0, 0.1) is 0 Å². The van der Waals surface area contributed by atoms with Gasteiger partial charge in [-0.25, -0.2) is 0 Å². The Labute approximate surface area is 202 Å². The lowest BCUT2D eigenvalue weighted by molar-refractivity contribution is -0.122. The van der Waals surface area contributed by atoms with E-state index in [1.54, 1.807) is 23.1 Å². The Morgan fingerprint density at radius 3 is 2.42 bits per heavy atom. The predicted molar refractivity (Wildman–Crippen MR) is 135 cm³/mol. The number of unbranched alkanes of at least 4 members (excludes halogenated alkanes) is 2. The van der Waals surface area contributed by atoms with E-state index in [1.807, 2.05) is 30.3 Å². The highest BCUT2D eigenvalue weighted by molar-refractivity contribution is 8.26. The number of aromatic hydroxyl groups is 1. The Bertz CT molecular complexity index is 1030. The van der Waals surface area contributed by atoms with Gasteiger partial charge in [-0.15, -0.1) is 0 Å². The number of methoxy groups -OCH3 is 2. The first-order valence-electron chi connectivity index (χ1n) is 10.5. The van der Waals surface area contributed by atoms with Gasteiger partial charge in [-0.1, -0.05) is 48.6 Å². The van der Waals surface area contributed by atoms with Crippen molar-refractivity contribution in [1.82, 2.24) is 4.90 Å². The van der Waals surface area contributed by atoms with E-state index in [9.17, 15) is 14.7 Å². The molecular weight excluding hydrogens is 460 g/mol. The van der Waals surface area contributed by atoms with Gasteiger partial charge in [-0.3, -0.25) is 14.5 Å². The fraction of sp³-hybridized carbons (Fsp3) is 0.292. The minimum absolute atomic E-state index is 0.0190. The molecule has 1 heterocycles. The van der Waals surface area contributed by atoms with Crippen molar-refractivity contribution in [3.05, 3.63) is 52.9 Å². The largest absolute Gasteiger partial charge is 0.502 e. The minimum Gasteiger partial charge on any atom is -0.502 e. The van der Waals surface area contributed by atoms with E-state index in [2.05, 4.69) is 5.32 Å². The van der Waals surface area contributed by atoms with Crippen LogP contribution in [-0.4, -0.2) is 46.9 Å². The molecule has 1 aliphatic rings. The summed E-state index contributed by atoms with van der Waals surface area (Å²) < 4.78 is 10.8. The summed E-state index contributed by atoms with van der Waals surface area (Å²) in [6.45, 7) is 0.504. The molecule has 0 spiro atoms. The summed E-state index contributed by atoms with van der Waals surface area (Å²) in [6.07, 6.45) is 4.43. The minimum atomic E-state index is -0.155. The average Bonchev–Trinajstić information content (AvgIpc) is 3.07. The average molecular weight is 487 g/mol. The van der Waals surface area contributed by atoms with Crippen LogP contribution in [0.4, 0.5) is 5.69 Å². The molecule has 2 aromatic rings. The second-order valence-electron chi connectivity index (χ2n) is 7.33. The maximum Gasteiger partial charge on any atom is 0.266 e. The maximum absolute atomic E-state index is 12.8. The molecule has 0 atom stereocenters. The molecule has 9 heteroatoms. The van der Waals surface area contributed by atoms with Crippen LogP contribution in [0.5, 0.6) is 17.2 Å². The third kappa shape index (κ3) is 6.49. The summed E-state index contributed by atoms with van der Waals surface area (Å²) in [4.78, 5) is 27.0. The van der Waals surface area contributed by atoms with Crippen LogP contribution in [0.3, 0.4) is 0 Å². The number of anilines is 1. The number of rotatable bonds is 10. The topological polar surface area (TPSA) is 88.1 Å². The van der Waals surface area contributed by atoms with Gasteiger partial charge < -0.3 is 19.9 Å². The molecule has 1 fully saturated rings. The third-order valence-corrected chi connectivity index (χ3v) is 6.39. The fourth-order valence-corrected chi connectivity index (χ4v) is 4.63. The number of hydrogen-bond donors (Lipinski definition) is 2. The number of nitrogens with zero attached hydrogens (tertiary/aromatic N) is 1. The number of thioether (sulfide) groups is 1. The van der Waals surface area contributed by atoms with Crippen LogP contribution in [0.1, 0.15) is 31.2 Å². The number of thiocarbonyl (C=S) groups is 1. The highest BCUT2D eigenvalue weighted by atomic mass is 32.2. The number of phenolic OH excluding ortho intramolecular Hbond substituents is 1. The number of hydrogen-bond acceptors (Lipinski definition) is 7. The quantitative estimate of drug-likeness (QED) is 0.283. The van der Waals surface area contributed by atoms with Gasteiger partial charge in [0.2, 0.25) is 11.7 Å². The van der Waals surface area contributed by atoms with Gasteiger partial charge in [-0.05, 0) is 48.7 Å². The molecule has 0 radical (unpaired) electrons. The molecule has 0 aliphatic carbocycles. The van der Waals surface area contributed by atoms with Crippen molar-refractivity contribution >= 4 is 51.9 Å². The molecule has 0 saturated carbocycles. The van der Waals surface area contributed by atoms with Crippen LogP contribution in [0.25, 0.3) is 6.08 Å². The van der Waals surface area contributed by atoms with Crippen LogP contribution in [-0.2, 0) is 9.59 Å². The van der Waals surface area contributed by atoms with Crippen molar-refractivity contribution in [1.29, 1.82) is 0 Å². The predicted octanol–water partition coefficient (Wildman–Crippen LogP) is 4.81. The highest BCUT2D eigenvalue weighted by Gasteiger charge is 2.31. The van der Waals surface area contributed by atoms with Crippen molar-refractivity contribution in [3.8, 4) is 17.2 Å². The molecule has 1 saturated heterocycles. The molecule has 33 heavy (non-hydrogen) atoms. The van der Waals surface area contributed by atoms with Gasteiger partial charge in [0.15, 0.2) is 11.5 Å². The Balaban J connectivity index is 1.51. The van der Waals surface area contributed by atoms with E-state index in [0.29, 0.717) is 27.8 Å². The molecule has 3 rings (SSSR count). The monoisotopic (exact) mass is 486 g/mol. The Kier molecular flexibility index (Phi) is 8.73. The van der Waals surface area contributed by atoms with Crippen molar-refractivity contribution in [3.63, 3.8) is 0 Å². The molecular formula is C24H26N2O5S2. The van der Waals surface area contributed by atoms with Crippen LogP contribution < -0.4 is 14.8 Å². The summed E-state index contributed by atoms with van der Waals surface area (Å²) in [6, 6.07) is 12.6. The number of phenols is 1. The van der Waals surface area contributed by atoms with Gasteiger partial charge in [0.1, 0.15) is 4.32 Å². The summed E-state index contributed by atoms with van der Waals surface area (Å²) in [7, 11) is 2.89. The normalized spacial score (nSPS) is 14.6. The summed E-state index contributed by atoms with van der Waals surface area (Å²) in [5, 5.41) is 12.9.